The van der Waals surface area contributed by atoms with Crippen molar-refractivity contribution in [1.82, 2.24) is 0 Å². The number of rotatable bonds is 4. The normalized spacial score (nSPS) is 13.2. The molecule has 1 nitrogen and oxygen atoms in total. The molecule has 0 fully saturated rings. The average Bonchev–Trinajstić information content (AvgIpc) is 2.15. The Morgan fingerprint density at radius 3 is 2.53 bits per heavy atom. The molecule has 1 rings (SSSR count). The molecule has 0 aromatic heterocycles. The van der Waals surface area contributed by atoms with Gasteiger partial charge in [-0.25, -0.2) is 4.39 Å². The Bertz CT molecular complexity index is 323. The molecule has 84 valence electrons. The van der Waals surface area contributed by atoms with E-state index in [0.717, 1.165) is 5.75 Å². The minimum atomic E-state index is -0.615. The number of aliphatic hydroxyl groups is 1. The summed E-state index contributed by atoms with van der Waals surface area (Å²) in [6, 6.07) is 4.85. The summed E-state index contributed by atoms with van der Waals surface area (Å²) in [7, 11) is 0. The first-order chi connectivity index (χ1) is 7.02. The highest BCUT2D eigenvalue weighted by atomic mass is 32.2. The molecule has 0 spiro atoms. The zero-order valence-corrected chi connectivity index (χ0v) is 10.1. The maximum absolute atomic E-state index is 13.5. The molecular weight excluding hydrogens is 211 g/mol. The molecule has 0 bridgehead atoms. The van der Waals surface area contributed by atoms with Crippen molar-refractivity contribution < 1.29 is 9.50 Å². The minimum Gasteiger partial charge on any atom is -0.389 e. The van der Waals surface area contributed by atoms with Crippen molar-refractivity contribution in [3.63, 3.8) is 0 Å². The third-order valence-corrected chi connectivity index (χ3v) is 3.56. The third-order valence-electron chi connectivity index (χ3n) is 2.01. The van der Waals surface area contributed by atoms with Gasteiger partial charge >= 0.3 is 0 Å². The van der Waals surface area contributed by atoms with E-state index in [4.69, 9.17) is 0 Å². The molecule has 0 saturated carbocycles. The zero-order chi connectivity index (χ0) is 11.4. The van der Waals surface area contributed by atoms with E-state index in [1.54, 1.807) is 19.1 Å². The van der Waals surface area contributed by atoms with Crippen LogP contribution < -0.4 is 0 Å². The van der Waals surface area contributed by atoms with Crippen molar-refractivity contribution >= 4 is 11.8 Å². The third kappa shape index (κ3) is 3.50. The van der Waals surface area contributed by atoms with Crippen molar-refractivity contribution in [3.8, 4) is 0 Å². The van der Waals surface area contributed by atoms with Crippen LogP contribution in [0.15, 0.2) is 23.1 Å². The molecule has 0 unspecified atom stereocenters. The van der Waals surface area contributed by atoms with Gasteiger partial charge in [-0.05, 0) is 24.5 Å². The van der Waals surface area contributed by atoms with Crippen molar-refractivity contribution in [2.75, 3.05) is 5.75 Å². The average molecular weight is 228 g/mol. The summed E-state index contributed by atoms with van der Waals surface area (Å²) < 4.78 is 13.5. The maximum atomic E-state index is 13.5. The fourth-order valence-electron chi connectivity index (χ4n) is 1.26. The number of benzene rings is 1. The summed E-state index contributed by atoms with van der Waals surface area (Å²) >= 11 is 1.48. The number of halogens is 1. The molecule has 15 heavy (non-hydrogen) atoms. The van der Waals surface area contributed by atoms with Gasteiger partial charge in [-0.15, -0.1) is 11.8 Å². The zero-order valence-electron chi connectivity index (χ0n) is 9.33. The predicted molar refractivity (Wildman–Crippen MR) is 62.6 cm³/mol. The Hall–Kier alpha value is -0.540. The topological polar surface area (TPSA) is 20.2 Å². The molecule has 1 atom stereocenters. The lowest BCUT2D eigenvalue weighted by atomic mass is 10.1. The lowest BCUT2D eigenvalue weighted by Gasteiger charge is -2.13. The van der Waals surface area contributed by atoms with Gasteiger partial charge in [-0.2, -0.15) is 0 Å². The molecule has 1 aromatic carbocycles. The predicted octanol–water partition coefficient (Wildman–Crippen LogP) is 3.63. The smallest absolute Gasteiger partial charge is 0.137 e. The molecular formula is C12H17FOS. The first kappa shape index (κ1) is 12.5. The summed E-state index contributed by atoms with van der Waals surface area (Å²) in [4.78, 5) is 0.584. The van der Waals surface area contributed by atoms with Crippen LogP contribution in [-0.4, -0.2) is 10.9 Å². The fourth-order valence-corrected chi connectivity index (χ4v) is 2.37. The SMILES string of the molecule is CC(C)CSc1c(F)cccc1[C@@H](C)O. The van der Waals surface area contributed by atoms with Gasteiger partial charge in [-0.1, -0.05) is 26.0 Å². The van der Waals surface area contributed by atoms with Crippen LogP contribution in [0.25, 0.3) is 0 Å². The first-order valence-electron chi connectivity index (χ1n) is 5.11. The van der Waals surface area contributed by atoms with Crippen LogP contribution in [0.2, 0.25) is 0 Å². The van der Waals surface area contributed by atoms with Gasteiger partial charge in [0.1, 0.15) is 5.82 Å². The molecule has 0 aliphatic heterocycles. The van der Waals surface area contributed by atoms with Crippen LogP contribution in [0.4, 0.5) is 4.39 Å². The molecule has 0 radical (unpaired) electrons. The summed E-state index contributed by atoms with van der Waals surface area (Å²) in [5.74, 6) is 1.14. The molecule has 0 heterocycles. The van der Waals surface area contributed by atoms with Crippen LogP contribution in [0.5, 0.6) is 0 Å². The van der Waals surface area contributed by atoms with Gasteiger partial charge in [-0.3, -0.25) is 0 Å². The van der Waals surface area contributed by atoms with Crippen LogP contribution in [-0.2, 0) is 0 Å². The number of aliphatic hydroxyl groups excluding tert-OH is 1. The van der Waals surface area contributed by atoms with Crippen LogP contribution in [0, 0.1) is 11.7 Å². The second-order valence-electron chi connectivity index (χ2n) is 4.04. The van der Waals surface area contributed by atoms with E-state index in [9.17, 15) is 9.50 Å². The second kappa shape index (κ2) is 5.52. The Balaban J connectivity index is 2.92. The summed E-state index contributed by atoms with van der Waals surface area (Å²) in [5.41, 5.74) is 0.681. The van der Waals surface area contributed by atoms with E-state index in [1.807, 2.05) is 0 Å². The van der Waals surface area contributed by atoms with E-state index in [0.29, 0.717) is 16.4 Å². The van der Waals surface area contributed by atoms with Crippen molar-refractivity contribution in [3.05, 3.63) is 29.6 Å². The number of hydrogen-bond donors (Lipinski definition) is 1. The molecule has 0 aliphatic carbocycles. The monoisotopic (exact) mass is 228 g/mol. The fraction of sp³-hybridized carbons (Fsp3) is 0.500. The summed E-state index contributed by atoms with van der Waals surface area (Å²) in [5, 5.41) is 9.51. The van der Waals surface area contributed by atoms with Crippen molar-refractivity contribution in [1.29, 1.82) is 0 Å². The molecule has 1 aromatic rings. The van der Waals surface area contributed by atoms with Crippen molar-refractivity contribution in [2.24, 2.45) is 5.92 Å². The van der Waals surface area contributed by atoms with E-state index in [-0.39, 0.29) is 5.82 Å². The van der Waals surface area contributed by atoms with Crippen LogP contribution >= 0.6 is 11.8 Å². The summed E-state index contributed by atoms with van der Waals surface area (Å²) in [6.45, 7) is 5.85. The number of hydrogen-bond acceptors (Lipinski definition) is 2. The Morgan fingerprint density at radius 1 is 1.33 bits per heavy atom. The Labute approximate surface area is 94.7 Å². The standard InChI is InChI=1S/C12H17FOS/c1-8(2)7-15-12-10(9(3)14)5-4-6-11(12)13/h4-6,8-9,14H,7H2,1-3H3/t9-/m1/s1. The van der Waals surface area contributed by atoms with Gasteiger partial charge < -0.3 is 5.11 Å². The highest BCUT2D eigenvalue weighted by molar-refractivity contribution is 7.99. The highest BCUT2D eigenvalue weighted by Crippen LogP contribution is 2.31. The molecule has 3 heteroatoms. The van der Waals surface area contributed by atoms with E-state index < -0.39 is 6.10 Å². The Morgan fingerprint density at radius 2 is 2.00 bits per heavy atom. The second-order valence-corrected chi connectivity index (χ2v) is 5.07. The highest BCUT2D eigenvalue weighted by Gasteiger charge is 2.13. The van der Waals surface area contributed by atoms with Gasteiger partial charge in [0.2, 0.25) is 0 Å². The van der Waals surface area contributed by atoms with E-state index in [2.05, 4.69) is 13.8 Å². The van der Waals surface area contributed by atoms with Gasteiger partial charge in [0.15, 0.2) is 0 Å². The summed E-state index contributed by atoms with van der Waals surface area (Å²) in [6.07, 6.45) is -0.615. The van der Waals surface area contributed by atoms with Gasteiger partial charge in [0, 0.05) is 10.6 Å². The van der Waals surface area contributed by atoms with E-state index >= 15 is 0 Å². The van der Waals surface area contributed by atoms with Gasteiger partial charge in [0.05, 0.1) is 6.10 Å². The van der Waals surface area contributed by atoms with Gasteiger partial charge in [0.25, 0.3) is 0 Å². The number of thioether (sulfide) groups is 1. The van der Waals surface area contributed by atoms with Crippen molar-refractivity contribution in [2.45, 2.75) is 31.8 Å². The first-order valence-corrected chi connectivity index (χ1v) is 6.10. The lowest BCUT2D eigenvalue weighted by Crippen LogP contribution is -1.99. The molecule has 1 N–H and O–H groups in total. The molecule has 0 amide bonds. The van der Waals surface area contributed by atoms with Crippen LogP contribution in [0.1, 0.15) is 32.4 Å². The van der Waals surface area contributed by atoms with E-state index in [1.165, 1.54) is 17.8 Å². The quantitative estimate of drug-likeness (QED) is 0.794. The largest absolute Gasteiger partial charge is 0.389 e. The molecule has 0 aliphatic rings. The lowest BCUT2D eigenvalue weighted by molar-refractivity contribution is 0.195. The molecule has 0 saturated heterocycles. The van der Waals surface area contributed by atoms with Crippen LogP contribution in [0.3, 0.4) is 0 Å². The maximum Gasteiger partial charge on any atom is 0.137 e. The Kier molecular flexibility index (Phi) is 4.61. The minimum absolute atomic E-state index is 0.237.